The first-order valence-electron chi connectivity index (χ1n) is 8.44. The van der Waals surface area contributed by atoms with E-state index in [1.807, 2.05) is 24.3 Å². The maximum atomic E-state index is 12.2. The lowest BCUT2D eigenvalue weighted by atomic mass is 10.2. The summed E-state index contributed by atoms with van der Waals surface area (Å²) >= 11 is 0. The van der Waals surface area contributed by atoms with Crippen molar-refractivity contribution in [1.29, 1.82) is 0 Å². The van der Waals surface area contributed by atoms with Gasteiger partial charge in [0.1, 0.15) is 12.4 Å². The summed E-state index contributed by atoms with van der Waals surface area (Å²) in [7, 11) is 1.79. The second-order valence-corrected chi connectivity index (χ2v) is 6.75. The van der Waals surface area contributed by atoms with Gasteiger partial charge in [0, 0.05) is 38.1 Å². The molecule has 0 spiro atoms. The number of hydrogen-bond acceptors (Lipinski definition) is 4. The SMILES string of the molecule is Cn1cc(C(=O)Nc2cccc(OCC3CN3CC3CC3)c2)cn1. The van der Waals surface area contributed by atoms with Crippen molar-refractivity contribution in [1.82, 2.24) is 14.7 Å². The zero-order chi connectivity index (χ0) is 16.5. The van der Waals surface area contributed by atoms with Crippen molar-refractivity contribution in [2.45, 2.75) is 18.9 Å². The molecule has 1 amide bonds. The Morgan fingerprint density at radius 3 is 3.04 bits per heavy atom. The molecule has 24 heavy (non-hydrogen) atoms. The summed E-state index contributed by atoms with van der Waals surface area (Å²) in [6, 6.07) is 8.09. The van der Waals surface area contributed by atoms with Crippen molar-refractivity contribution < 1.29 is 9.53 Å². The van der Waals surface area contributed by atoms with Crippen LogP contribution in [0.5, 0.6) is 5.75 Å². The number of hydrogen-bond donors (Lipinski definition) is 1. The van der Waals surface area contributed by atoms with Gasteiger partial charge in [-0.05, 0) is 30.9 Å². The zero-order valence-electron chi connectivity index (χ0n) is 13.8. The number of nitrogens with one attached hydrogen (secondary N) is 1. The predicted molar refractivity (Wildman–Crippen MR) is 91.2 cm³/mol. The van der Waals surface area contributed by atoms with Gasteiger partial charge in [-0.1, -0.05) is 6.07 Å². The number of nitrogens with zero attached hydrogens (tertiary/aromatic N) is 3. The van der Waals surface area contributed by atoms with Crippen LogP contribution in [0.4, 0.5) is 5.69 Å². The van der Waals surface area contributed by atoms with Crippen LogP contribution in [0.1, 0.15) is 23.2 Å². The van der Waals surface area contributed by atoms with E-state index >= 15 is 0 Å². The quantitative estimate of drug-likeness (QED) is 0.792. The lowest BCUT2D eigenvalue weighted by Crippen LogP contribution is -2.13. The molecule has 6 heteroatoms. The molecule has 126 valence electrons. The summed E-state index contributed by atoms with van der Waals surface area (Å²) < 4.78 is 7.49. The molecule has 2 unspecified atom stereocenters. The molecule has 0 radical (unpaired) electrons. The lowest BCUT2D eigenvalue weighted by Gasteiger charge is -2.09. The van der Waals surface area contributed by atoms with Crippen LogP contribution in [0.25, 0.3) is 0 Å². The first kappa shape index (κ1) is 15.2. The highest BCUT2D eigenvalue weighted by Gasteiger charge is 2.38. The molecule has 4 rings (SSSR count). The maximum absolute atomic E-state index is 12.2. The molecule has 2 fully saturated rings. The fraction of sp³-hybridized carbons (Fsp3) is 0.444. The smallest absolute Gasteiger partial charge is 0.258 e. The number of amides is 1. The van der Waals surface area contributed by atoms with Gasteiger partial charge in [0.2, 0.25) is 0 Å². The Hall–Kier alpha value is -2.34. The molecular formula is C18H22N4O2. The first-order chi connectivity index (χ1) is 11.7. The van der Waals surface area contributed by atoms with E-state index in [-0.39, 0.29) is 5.91 Å². The summed E-state index contributed by atoms with van der Waals surface area (Å²) in [6.07, 6.45) is 6.03. The minimum absolute atomic E-state index is 0.168. The molecule has 2 aliphatic rings. The fourth-order valence-corrected chi connectivity index (χ4v) is 2.84. The average Bonchev–Trinajstić information content (AvgIpc) is 3.48. The van der Waals surface area contributed by atoms with E-state index in [0.717, 1.165) is 23.9 Å². The Morgan fingerprint density at radius 1 is 1.42 bits per heavy atom. The van der Waals surface area contributed by atoms with Crippen LogP contribution >= 0.6 is 0 Å². The highest BCUT2D eigenvalue weighted by Crippen LogP contribution is 2.33. The molecule has 1 aliphatic carbocycles. The second-order valence-electron chi connectivity index (χ2n) is 6.75. The molecule has 2 heterocycles. The van der Waals surface area contributed by atoms with E-state index < -0.39 is 0 Å². The highest BCUT2D eigenvalue weighted by atomic mass is 16.5. The Labute approximate surface area is 141 Å². The Bertz CT molecular complexity index is 738. The maximum Gasteiger partial charge on any atom is 0.258 e. The Morgan fingerprint density at radius 2 is 2.29 bits per heavy atom. The average molecular weight is 326 g/mol. The first-order valence-corrected chi connectivity index (χ1v) is 8.44. The normalized spacial score (nSPS) is 22.2. The van der Waals surface area contributed by atoms with Gasteiger partial charge in [-0.15, -0.1) is 0 Å². The van der Waals surface area contributed by atoms with Gasteiger partial charge in [0.05, 0.1) is 17.8 Å². The number of aryl methyl sites for hydroxylation is 1. The summed E-state index contributed by atoms with van der Waals surface area (Å²) in [6.45, 7) is 3.09. The largest absolute Gasteiger partial charge is 0.492 e. The predicted octanol–water partition coefficient (Wildman–Crippen LogP) is 2.15. The van der Waals surface area contributed by atoms with Crippen LogP contribution in [0.3, 0.4) is 0 Å². The van der Waals surface area contributed by atoms with Gasteiger partial charge in [-0.25, -0.2) is 0 Å². The van der Waals surface area contributed by atoms with Crippen molar-refractivity contribution in [2.24, 2.45) is 13.0 Å². The van der Waals surface area contributed by atoms with Crippen LogP contribution in [-0.4, -0.2) is 46.3 Å². The molecule has 1 aliphatic heterocycles. The molecule has 1 aromatic carbocycles. The van der Waals surface area contributed by atoms with Gasteiger partial charge in [0.15, 0.2) is 0 Å². The van der Waals surface area contributed by atoms with Gasteiger partial charge in [-0.3, -0.25) is 14.4 Å². The minimum atomic E-state index is -0.168. The van der Waals surface area contributed by atoms with Crippen molar-refractivity contribution in [3.8, 4) is 5.75 Å². The molecule has 2 aromatic rings. The Balaban J connectivity index is 1.29. The van der Waals surface area contributed by atoms with Gasteiger partial charge >= 0.3 is 0 Å². The van der Waals surface area contributed by atoms with Crippen molar-refractivity contribution >= 4 is 11.6 Å². The minimum Gasteiger partial charge on any atom is -0.492 e. The standard InChI is InChI=1S/C18H22N4O2/c1-21-10-14(8-19-21)18(23)20-15-3-2-4-17(7-15)24-12-16-11-22(16)9-13-5-6-13/h2-4,7-8,10,13,16H,5-6,9,11-12H2,1H3,(H,20,23). The third-order valence-electron chi connectivity index (χ3n) is 4.52. The van der Waals surface area contributed by atoms with Crippen molar-refractivity contribution in [3.63, 3.8) is 0 Å². The van der Waals surface area contributed by atoms with Gasteiger partial charge < -0.3 is 10.1 Å². The third-order valence-corrected chi connectivity index (χ3v) is 4.52. The molecule has 1 saturated carbocycles. The Kier molecular flexibility index (Phi) is 3.98. The monoisotopic (exact) mass is 326 g/mol. The van der Waals surface area contributed by atoms with Crippen LogP contribution in [0.2, 0.25) is 0 Å². The number of rotatable bonds is 7. The third kappa shape index (κ3) is 3.76. The molecule has 0 bridgehead atoms. The second kappa shape index (κ2) is 6.28. The number of aromatic nitrogens is 2. The van der Waals surface area contributed by atoms with E-state index in [1.54, 1.807) is 24.1 Å². The van der Waals surface area contributed by atoms with E-state index in [9.17, 15) is 4.79 Å². The molecule has 1 aromatic heterocycles. The van der Waals surface area contributed by atoms with Crippen molar-refractivity contribution in [2.75, 3.05) is 25.0 Å². The summed E-state index contributed by atoms with van der Waals surface area (Å²) in [5.41, 5.74) is 1.27. The van der Waals surface area contributed by atoms with Gasteiger partial charge in [0.25, 0.3) is 5.91 Å². The van der Waals surface area contributed by atoms with Crippen LogP contribution in [0.15, 0.2) is 36.7 Å². The van der Waals surface area contributed by atoms with E-state index in [1.165, 1.54) is 19.4 Å². The van der Waals surface area contributed by atoms with Crippen molar-refractivity contribution in [3.05, 3.63) is 42.2 Å². The molecule has 6 nitrogen and oxygen atoms in total. The molecular weight excluding hydrogens is 304 g/mol. The van der Waals surface area contributed by atoms with Crippen LogP contribution in [-0.2, 0) is 7.05 Å². The number of carbonyl (C=O) groups is 1. The van der Waals surface area contributed by atoms with Crippen LogP contribution in [0, 0.1) is 5.92 Å². The zero-order valence-corrected chi connectivity index (χ0v) is 13.8. The number of benzene rings is 1. The van der Waals surface area contributed by atoms with E-state index in [4.69, 9.17) is 4.74 Å². The summed E-state index contributed by atoms with van der Waals surface area (Å²) in [4.78, 5) is 14.6. The topological polar surface area (TPSA) is 59.2 Å². The number of ether oxygens (including phenoxy) is 1. The van der Waals surface area contributed by atoms with E-state index in [0.29, 0.717) is 18.2 Å². The number of carbonyl (C=O) groups excluding carboxylic acids is 1. The lowest BCUT2D eigenvalue weighted by molar-refractivity contribution is 0.102. The fourth-order valence-electron chi connectivity index (χ4n) is 2.84. The molecule has 2 atom stereocenters. The molecule has 1 N–H and O–H groups in total. The van der Waals surface area contributed by atoms with E-state index in [2.05, 4.69) is 15.3 Å². The molecule has 1 saturated heterocycles. The summed E-state index contributed by atoms with van der Waals surface area (Å²) in [5, 5.41) is 6.89. The highest BCUT2D eigenvalue weighted by molar-refractivity contribution is 6.04. The summed E-state index contributed by atoms with van der Waals surface area (Å²) in [5.74, 6) is 1.55. The van der Waals surface area contributed by atoms with Crippen LogP contribution < -0.4 is 10.1 Å². The van der Waals surface area contributed by atoms with Gasteiger partial charge in [-0.2, -0.15) is 5.10 Å². The number of anilines is 1.